The molecule has 120 valence electrons. The number of nitrogens with one attached hydrogen (secondary N) is 1. The molecule has 5 heteroatoms. The lowest BCUT2D eigenvalue weighted by molar-refractivity contribution is 0.848. The highest BCUT2D eigenvalue weighted by atomic mass is 15.4. The van der Waals surface area contributed by atoms with Crippen LogP contribution < -0.4 is 5.32 Å². The Morgan fingerprint density at radius 1 is 1.00 bits per heavy atom. The molecule has 2 aromatic heterocycles. The fourth-order valence-electron chi connectivity index (χ4n) is 2.80. The molecular formula is C19H19N5. The summed E-state index contributed by atoms with van der Waals surface area (Å²) in [5.41, 5.74) is 3.23. The second-order valence-electron chi connectivity index (χ2n) is 5.80. The van der Waals surface area contributed by atoms with E-state index in [-0.39, 0.29) is 0 Å². The minimum Gasteiger partial charge on any atom is -0.322 e. The van der Waals surface area contributed by atoms with Crippen LogP contribution in [0.1, 0.15) is 18.5 Å². The van der Waals surface area contributed by atoms with Gasteiger partial charge in [0.25, 0.3) is 0 Å². The third-order valence-electron chi connectivity index (χ3n) is 3.97. The standard InChI is InChI=1S/C19H19N5/c1-15-14-19(22-24(15)17-10-6-3-7-11-17)20-18-12-13-23(21-18)16-8-4-2-5-9-16/h3-4,6-14H,2,5H2,1H3,(H,20,21,22). The number of para-hydroxylation sites is 1. The molecule has 0 radical (unpaired) electrons. The van der Waals surface area contributed by atoms with Crippen molar-refractivity contribution in [1.82, 2.24) is 19.6 Å². The predicted octanol–water partition coefficient (Wildman–Crippen LogP) is 4.31. The Labute approximate surface area is 140 Å². The SMILES string of the molecule is Cc1cc(Nc2ccn(C3=CCCC=C3)n2)nn1-c1ccccc1. The Morgan fingerprint density at radius 3 is 2.67 bits per heavy atom. The Hall–Kier alpha value is -3.08. The average molecular weight is 317 g/mol. The third-order valence-corrected chi connectivity index (χ3v) is 3.97. The summed E-state index contributed by atoms with van der Waals surface area (Å²) in [7, 11) is 0. The highest BCUT2D eigenvalue weighted by Gasteiger charge is 2.08. The lowest BCUT2D eigenvalue weighted by Crippen LogP contribution is -2.01. The number of allylic oxidation sites excluding steroid dienone is 4. The first-order chi connectivity index (χ1) is 11.8. The van der Waals surface area contributed by atoms with Gasteiger partial charge in [-0.3, -0.25) is 0 Å². The number of aryl methyl sites for hydroxylation is 1. The molecule has 0 unspecified atom stereocenters. The first kappa shape index (κ1) is 14.5. The summed E-state index contributed by atoms with van der Waals surface area (Å²) in [6, 6.07) is 14.1. The summed E-state index contributed by atoms with van der Waals surface area (Å²) in [5, 5.41) is 12.5. The van der Waals surface area contributed by atoms with Gasteiger partial charge in [-0.25, -0.2) is 9.36 Å². The van der Waals surface area contributed by atoms with Crippen LogP contribution in [0.3, 0.4) is 0 Å². The minimum absolute atomic E-state index is 0.785. The van der Waals surface area contributed by atoms with Crippen molar-refractivity contribution in [2.45, 2.75) is 19.8 Å². The van der Waals surface area contributed by atoms with Gasteiger partial charge < -0.3 is 5.32 Å². The Morgan fingerprint density at radius 2 is 1.88 bits per heavy atom. The van der Waals surface area contributed by atoms with E-state index in [0.29, 0.717) is 0 Å². The molecule has 0 atom stereocenters. The molecule has 1 aliphatic rings. The van der Waals surface area contributed by atoms with Gasteiger partial charge in [0, 0.05) is 24.0 Å². The van der Waals surface area contributed by atoms with Crippen LogP contribution in [0.2, 0.25) is 0 Å². The first-order valence-corrected chi connectivity index (χ1v) is 8.11. The zero-order chi connectivity index (χ0) is 16.4. The molecule has 0 saturated heterocycles. The molecule has 0 fully saturated rings. The summed E-state index contributed by atoms with van der Waals surface area (Å²) in [6.45, 7) is 2.04. The highest BCUT2D eigenvalue weighted by molar-refractivity contribution is 5.60. The summed E-state index contributed by atoms with van der Waals surface area (Å²) < 4.78 is 3.81. The van der Waals surface area contributed by atoms with Crippen LogP contribution in [0.5, 0.6) is 0 Å². The number of benzene rings is 1. The molecule has 0 spiro atoms. The number of rotatable bonds is 4. The van der Waals surface area contributed by atoms with E-state index in [1.54, 1.807) is 0 Å². The summed E-state index contributed by atoms with van der Waals surface area (Å²) in [4.78, 5) is 0. The van der Waals surface area contributed by atoms with Gasteiger partial charge >= 0.3 is 0 Å². The molecule has 0 bridgehead atoms. The Bertz CT molecular complexity index is 899. The summed E-state index contributed by atoms with van der Waals surface area (Å²) >= 11 is 0. The average Bonchev–Trinajstić information content (AvgIpc) is 3.23. The van der Waals surface area contributed by atoms with Crippen LogP contribution in [0.15, 0.2) is 66.9 Å². The van der Waals surface area contributed by atoms with Crippen molar-refractivity contribution >= 4 is 17.3 Å². The van der Waals surface area contributed by atoms with Crippen molar-refractivity contribution in [3.63, 3.8) is 0 Å². The lowest BCUT2D eigenvalue weighted by atomic mass is 10.1. The lowest BCUT2D eigenvalue weighted by Gasteiger charge is -2.06. The smallest absolute Gasteiger partial charge is 0.154 e. The van der Waals surface area contributed by atoms with E-state index in [1.165, 1.54) is 0 Å². The van der Waals surface area contributed by atoms with Gasteiger partial charge in [-0.15, -0.1) is 5.10 Å². The van der Waals surface area contributed by atoms with E-state index < -0.39 is 0 Å². The van der Waals surface area contributed by atoms with Gasteiger partial charge in [0.1, 0.15) is 0 Å². The monoisotopic (exact) mass is 317 g/mol. The molecule has 2 heterocycles. The van der Waals surface area contributed by atoms with E-state index in [0.717, 1.165) is 41.6 Å². The maximum absolute atomic E-state index is 4.62. The molecule has 0 aliphatic heterocycles. The Balaban J connectivity index is 1.55. The van der Waals surface area contributed by atoms with Crippen LogP contribution >= 0.6 is 0 Å². The van der Waals surface area contributed by atoms with Crippen LogP contribution in [-0.2, 0) is 0 Å². The van der Waals surface area contributed by atoms with E-state index >= 15 is 0 Å². The molecule has 0 amide bonds. The van der Waals surface area contributed by atoms with Crippen molar-refractivity contribution in [1.29, 1.82) is 0 Å². The van der Waals surface area contributed by atoms with Gasteiger partial charge in [0.15, 0.2) is 11.6 Å². The molecule has 24 heavy (non-hydrogen) atoms. The quantitative estimate of drug-likeness (QED) is 0.780. The number of nitrogens with zero attached hydrogens (tertiary/aromatic N) is 4. The largest absolute Gasteiger partial charge is 0.322 e. The Kier molecular flexibility index (Phi) is 3.75. The summed E-state index contributed by atoms with van der Waals surface area (Å²) in [5.74, 6) is 1.57. The predicted molar refractivity (Wildman–Crippen MR) is 96.5 cm³/mol. The normalized spacial score (nSPS) is 13.8. The summed E-state index contributed by atoms with van der Waals surface area (Å²) in [6.07, 6.45) is 10.6. The highest BCUT2D eigenvalue weighted by Crippen LogP contribution is 2.20. The molecule has 5 nitrogen and oxygen atoms in total. The molecule has 1 N–H and O–H groups in total. The second-order valence-corrected chi connectivity index (χ2v) is 5.80. The first-order valence-electron chi connectivity index (χ1n) is 8.11. The third kappa shape index (κ3) is 2.88. The van der Waals surface area contributed by atoms with Crippen LogP contribution in [0, 0.1) is 6.92 Å². The minimum atomic E-state index is 0.785. The van der Waals surface area contributed by atoms with Crippen molar-refractivity contribution in [3.8, 4) is 5.69 Å². The number of hydrogen-bond donors (Lipinski definition) is 1. The fourth-order valence-corrected chi connectivity index (χ4v) is 2.80. The van der Waals surface area contributed by atoms with Crippen molar-refractivity contribution in [2.24, 2.45) is 0 Å². The molecule has 0 saturated carbocycles. The van der Waals surface area contributed by atoms with Crippen LogP contribution in [-0.4, -0.2) is 19.6 Å². The van der Waals surface area contributed by atoms with Gasteiger partial charge in [0.2, 0.25) is 0 Å². The van der Waals surface area contributed by atoms with Gasteiger partial charge in [-0.05, 0) is 38.0 Å². The topological polar surface area (TPSA) is 47.7 Å². The zero-order valence-corrected chi connectivity index (χ0v) is 13.6. The van der Waals surface area contributed by atoms with E-state index in [1.807, 2.05) is 64.9 Å². The van der Waals surface area contributed by atoms with Crippen molar-refractivity contribution < 1.29 is 0 Å². The van der Waals surface area contributed by atoms with E-state index in [9.17, 15) is 0 Å². The molecule has 1 aliphatic carbocycles. The van der Waals surface area contributed by atoms with E-state index in [2.05, 4.69) is 33.7 Å². The van der Waals surface area contributed by atoms with Gasteiger partial charge in [0.05, 0.1) is 11.4 Å². The maximum Gasteiger partial charge on any atom is 0.154 e. The van der Waals surface area contributed by atoms with Crippen molar-refractivity contribution in [2.75, 3.05) is 5.32 Å². The molecule has 4 rings (SSSR count). The van der Waals surface area contributed by atoms with Crippen LogP contribution in [0.4, 0.5) is 11.6 Å². The van der Waals surface area contributed by atoms with Gasteiger partial charge in [-0.2, -0.15) is 5.10 Å². The number of hydrogen-bond acceptors (Lipinski definition) is 3. The second kappa shape index (κ2) is 6.20. The molecule has 3 aromatic rings. The number of anilines is 2. The van der Waals surface area contributed by atoms with Gasteiger partial charge in [-0.1, -0.05) is 30.4 Å². The molecular weight excluding hydrogens is 298 g/mol. The number of aromatic nitrogens is 4. The maximum atomic E-state index is 4.62. The zero-order valence-electron chi connectivity index (χ0n) is 13.6. The van der Waals surface area contributed by atoms with Crippen molar-refractivity contribution in [3.05, 3.63) is 72.6 Å². The fraction of sp³-hybridized carbons (Fsp3) is 0.158. The van der Waals surface area contributed by atoms with Crippen LogP contribution in [0.25, 0.3) is 11.4 Å². The molecule has 1 aromatic carbocycles. The van der Waals surface area contributed by atoms with E-state index in [4.69, 9.17) is 0 Å².